The van der Waals surface area contributed by atoms with Crippen molar-refractivity contribution < 1.29 is 13.9 Å². The molecule has 1 saturated heterocycles. The maximum Gasteiger partial charge on any atom is 0.333 e. The molecule has 0 saturated carbocycles. The molecule has 39 heavy (non-hydrogen) atoms. The van der Waals surface area contributed by atoms with Gasteiger partial charge in [0.1, 0.15) is 11.9 Å². The van der Waals surface area contributed by atoms with Crippen LogP contribution in [-0.2, 0) is 9.53 Å². The number of aromatic nitrogens is 2. The Morgan fingerprint density at radius 2 is 1.54 bits per heavy atom. The molecule has 8 heteroatoms. The summed E-state index contributed by atoms with van der Waals surface area (Å²) >= 11 is 0. The van der Waals surface area contributed by atoms with E-state index in [0.717, 1.165) is 48.7 Å². The summed E-state index contributed by atoms with van der Waals surface area (Å²) in [6.45, 7) is 7.04. The second-order valence-electron chi connectivity index (χ2n) is 9.69. The maximum absolute atomic E-state index is 13.7. The molecule has 0 amide bonds. The number of benzene rings is 3. The first-order chi connectivity index (χ1) is 19.0. The van der Waals surface area contributed by atoms with Gasteiger partial charge in [0.05, 0.1) is 18.3 Å². The van der Waals surface area contributed by atoms with Crippen LogP contribution in [0.1, 0.15) is 37.1 Å². The predicted molar refractivity (Wildman–Crippen MR) is 150 cm³/mol. The summed E-state index contributed by atoms with van der Waals surface area (Å²) in [6.07, 6.45) is 3.47. The molecule has 4 aromatic rings. The number of hydrogen-bond donors (Lipinski definition) is 0. The highest BCUT2D eigenvalue weighted by Crippen LogP contribution is 2.26. The van der Waals surface area contributed by atoms with Crippen molar-refractivity contribution in [3.05, 3.63) is 119 Å². The van der Waals surface area contributed by atoms with Crippen molar-refractivity contribution in [2.75, 3.05) is 37.7 Å². The molecule has 7 nitrogen and oxygen atoms in total. The van der Waals surface area contributed by atoms with Crippen molar-refractivity contribution in [2.24, 2.45) is 0 Å². The first-order valence-corrected chi connectivity index (χ1v) is 13.3. The van der Waals surface area contributed by atoms with Gasteiger partial charge in [-0.3, -0.25) is 14.0 Å². The number of halogens is 1. The fraction of sp³-hybridized carbons (Fsp3) is 0.290. The van der Waals surface area contributed by atoms with Crippen LogP contribution in [0.5, 0.6) is 0 Å². The van der Waals surface area contributed by atoms with E-state index in [1.807, 2.05) is 74.5 Å². The molecular formula is C31H33FN4O3. The zero-order valence-electron chi connectivity index (χ0n) is 22.2. The van der Waals surface area contributed by atoms with Gasteiger partial charge in [-0.2, -0.15) is 0 Å². The first-order valence-electron chi connectivity index (χ1n) is 13.3. The van der Waals surface area contributed by atoms with Gasteiger partial charge >= 0.3 is 11.7 Å². The standard InChI is InChI=1S/C31H33FN4O3/c1-3-39-30(37)29(24-8-5-4-6-9-24)34-18-16-33(17-19-34)27-12-14-28(15-13-27)36-21-20-35(31(36)38)23(2)25-10-7-11-26(32)22-25/h4-15,20-23,29H,3,16-19H2,1-2H3/t23?,29-/m0/s1. The van der Waals surface area contributed by atoms with Crippen molar-refractivity contribution in [1.82, 2.24) is 14.0 Å². The van der Waals surface area contributed by atoms with Crippen LogP contribution < -0.4 is 10.6 Å². The van der Waals surface area contributed by atoms with Crippen LogP contribution in [0.4, 0.5) is 10.1 Å². The molecule has 0 aliphatic carbocycles. The Bertz CT molecular complexity index is 1460. The molecule has 3 aromatic carbocycles. The van der Waals surface area contributed by atoms with Crippen LogP contribution in [-0.4, -0.2) is 52.8 Å². The summed E-state index contributed by atoms with van der Waals surface area (Å²) in [5, 5.41) is 0. The lowest BCUT2D eigenvalue weighted by molar-refractivity contribution is -0.150. The van der Waals surface area contributed by atoms with Crippen LogP contribution in [0, 0.1) is 5.82 Å². The highest BCUT2D eigenvalue weighted by atomic mass is 19.1. The van der Waals surface area contributed by atoms with E-state index in [1.165, 1.54) is 12.1 Å². The van der Waals surface area contributed by atoms with Gasteiger partial charge in [-0.15, -0.1) is 0 Å². The van der Waals surface area contributed by atoms with Crippen molar-refractivity contribution >= 4 is 11.7 Å². The van der Waals surface area contributed by atoms with Crippen molar-refractivity contribution in [3.63, 3.8) is 0 Å². The summed E-state index contributed by atoms with van der Waals surface area (Å²) in [4.78, 5) is 30.4. The van der Waals surface area contributed by atoms with Gasteiger partial charge < -0.3 is 9.64 Å². The molecule has 2 heterocycles. The van der Waals surface area contributed by atoms with E-state index in [0.29, 0.717) is 6.61 Å². The average molecular weight is 529 g/mol. The number of carbonyl (C=O) groups excluding carboxylic acids is 1. The molecule has 1 fully saturated rings. The highest BCUT2D eigenvalue weighted by Gasteiger charge is 2.31. The molecule has 1 aliphatic heterocycles. The van der Waals surface area contributed by atoms with E-state index < -0.39 is 6.04 Å². The predicted octanol–water partition coefficient (Wildman–Crippen LogP) is 4.81. The number of imidazole rings is 1. The Hall–Kier alpha value is -4.17. The lowest BCUT2D eigenvalue weighted by Crippen LogP contribution is -2.49. The minimum Gasteiger partial charge on any atom is -0.465 e. The Labute approximate surface area is 227 Å². The Morgan fingerprint density at radius 1 is 0.872 bits per heavy atom. The molecule has 0 N–H and O–H groups in total. The maximum atomic E-state index is 13.7. The zero-order valence-corrected chi connectivity index (χ0v) is 22.2. The van der Waals surface area contributed by atoms with Gasteiger partial charge in [-0.05, 0) is 61.4 Å². The number of anilines is 1. The van der Waals surface area contributed by atoms with Crippen LogP contribution in [0.2, 0.25) is 0 Å². The topological polar surface area (TPSA) is 59.7 Å². The normalized spacial score (nSPS) is 15.6. The van der Waals surface area contributed by atoms with Gasteiger partial charge in [0.2, 0.25) is 0 Å². The zero-order chi connectivity index (χ0) is 27.4. The Kier molecular flexibility index (Phi) is 7.93. The summed E-state index contributed by atoms with van der Waals surface area (Å²) in [5.74, 6) is -0.537. The average Bonchev–Trinajstić information content (AvgIpc) is 3.35. The van der Waals surface area contributed by atoms with Gasteiger partial charge in [0, 0.05) is 44.3 Å². The number of nitrogens with zero attached hydrogens (tertiary/aromatic N) is 4. The molecule has 1 unspecified atom stereocenters. The van der Waals surface area contributed by atoms with Gasteiger partial charge in [0.15, 0.2) is 0 Å². The Balaban J connectivity index is 1.27. The smallest absolute Gasteiger partial charge is 0.333 e. The highest BCUT2D eigenvalue weighted by molar-refractivity contribution is 5.77. The van der Waals surface area contributed by atoms with E-state index in [2.05, 4.69) is 9.80 Å². The van der Waals surface area contributed by atoms with Gasteiger partial charge in [0.25, 0.3) is 0 Å². The fourth-order valence-corrected chi connectivity index (χ4v) is 5.22. The van der Waals surface area contributed by atoms with Crippen molar-refractivity contribution in [3.8, 4) is 5.69 Å². The van der Waals surface area contributed by atoms with Crippen LogP contribution in [0.3, 0.4) is 0 Å². The number of carbonyl (C=O) groups is 1. The summed E-state index contributed by atoms with van der Waals surface area (Å²) in [7, 11) is 0. The third-order valence-corrected chi connectivity index (χ3v) is 7.35. The summed E-state index contributed by atoms with van der Waals surface area (Å²) in [6, 6.07) is 23.3. The van der Waals surface area contributed by atoms with E-state index >= 15 is 0 Å². The number of ether oxygens (including phenoxy) is 1. The summed E-state index contributed by atoms with van der Waals surface area (Å²) < 4.78 is 22.3. The molecule has 1 aliphatic rings. The lowest BCUT2D eigenvalue weighted by atomic mass is 10.0. The second kappa shape index (κ2) is 11.7. The van der Waals surface area contributed by atoms with E-state index in [4.69, 9.17) is 4.74 Å². The lowest BCUT2D eigenvalue weighted by Gasteiger charge is -2.39. The Morgan fingerprint density at radius 3 is 2.21 bits per heavy atom. The molecule has 1 aromatic heterocycles. The largest absolute Gasteiger partial charge is 0.465 e. The molecule has 0 spiro atoms. The SMILES string of the molecule is CCOC(=O)[C@H](c1ccccc1)N1CCN(c2ccc(-n3ccn(C(C)c4cccc(F)c4)c3=O)cc2)CC1. The van der Waals surface area contributed by atoms with Gasteiger partial charge in [-0.1, -0.05) is 42.5 Å². The van der Waals surface area contributed by atoms with Crippen molar-refractivity contribution in [1.29, 1.82) is 0 Å². The third-order valence-electron chi connectivity index (χ3n) is 7.35. The van der Waals surface area contributed by atoms with Crippen LogP contribution in [0.25, 0.3) is 5.69 Å². The molecule has 0 bridgehead atoms. The number of hydrogen-bond acceptors (Lipinski definition) is 5. The summed E-state index contributed by atoms with van der Waals surface area (Å²) in [5.41, 5.74) is 3.32. The fourth-order valence-electron chi connectivity index (χ4n) is 5.22. The van der Waals surface area contributed by atoms with E-state index in [9.17, 15) is 14.0 Å². The van der Waals surface area contributed by atoms with E-state index in [1.54, 1.807) is 27.6 Å². The van der Waals surface area contributed by atoms with Crippen molar-refractivity contribution in [2.45, 2.75) is 25.9 Å². The monoisotopic (exact) mass is 528 g/mol. The molecule has 5 rings (SSSR count). The third kappa shape index (κ3) is 5.66. The number of rotatable bonds is 8. The van der Waals surface area contributed by atoms with Crippen LogP contribution in [0.15, 0.2) is 96.1 Å². The van der Waals surface area contributed by atoms with Crippen LogP contribution >= 0.6 is 0 Å². The molecule has 2 atom stereocenters. The molecule has 202 valence electrons. The number of esters is 1. The first kappa shape index (κ1) is 26.4. The molecule has 0 radical (unpaired) electrons. The minimum atomic E-state index is -0.415. The quantitative estimate of drug-likeness (QED) is 0.307. The molecular weight excluding hydrogens is 495 g/mol. The minimum absolute atomic E-state index is 0.181. The second-order valence-corrected chi connectivity index (χ2v) is 9.69. The van der Waals surface area contributed by atoms with Gasteiger partial charge in [-0.25, -0.2) is 14.0 Å². The number of piperazine rings is 1. The van der Waals surface area contributed by atoms with E-state index in [-0.39, 0.29) is 23.5 Å².